The molecule has 0 saturated carbocycles. The SMILES string of the molecule is CC(C)SC([S-])=C([S-])SC(C)C.CC(C)SC([S-])=C([S-])SC(C)C.CC(C)Sc1sc(=O)sc1SC(C)C.[Ni]. The molecule has 0 aliphatic heterocycles. The summed E-state index contributed by atoms with van der Waals surface area (Å²) in [6.45, 7) is 25.6. The van der Waals surface area contributed by atoms with Gasteiger partial charge >= 0.3 is 0 Å². The Morgan fingerprint density at radius 3 is 0.846 bits per heavy atom. The summed E-state index contributed by atoms with van der Waals surface area (Å²) in [4.78, 5) is 11.3. The summed E-state index contributed by atoms with van der Waals surface area (Å²) in [7, 11) is 0. The number of hydrogen-bond donors (Lipinski definition) is 0. The van der Waals surface area contributed by atoms with Crippen molar-refractivity contribution < 1.29 is 16.5 Å². The Kier molecular flexibility index (Phi) is 30.9. The Labute approximate surface area is 305 Å². The Hall–Kier alpha value is 2.80. The van der Waals surface area contributed by atoms with Crippen LogP contribution in [-0.2, 0) is 67.0 Å². The van der Waals surface area contributed by atoms with Gasteiger partial charge in [-0.05, 0) is 0 Å². The van der Waals surface area contributed by atoms with Crippen LogP contribution in [0.4, 0.5) is 0 Å². The molecular formula is C25H42NiOS12-4. The summed E-state index contributed by atoms with van der Waals surface area (Å²) < 4.78 is 6.12. The van der Waals surface area contributed by atoms with Crippen molar-refractivity contribution in [3.05, 3.63) is 25.8 Å². The summed E-state index contributed by atoms with van der Waals surface area (Å²) in [6, 6.07) is 0. The molecule has 0 amide bonds. The van der Waals surface area contributed by atoms with Crippen LogP contribution in [0.5, 0.6) is 0 Å². The fraction of sp³-hybridized carbons (Fsp3) is 0.720. The van der Waals surface area contributed by atoms with Crippen molar-refractivity contribution in [3.63, 3.8) is 0 Å². The van der Waals surface area contributed by atoms with Crippen LogP contribution in [-0.4, -0.2) is 31.5 Å². The van der Waals surface area contributed by atoms with Gasteiger partial charge in [0.1, 0.15) is 0 Å². The van der Waals surface area contributed by atoms with Gasteiger partial charge in [-0.15, -0.1) is 23.5 Å². The van der Waals surface area contributed by atoms with Crippen molar-refractivity contribution >= 4 is 144 Å². The average Bonchev–Trinajstić information content (AvgIpc) is 3.04. The minimum absolute atomic E-state index is 0. The van der Waals surface area contributed by atoms with E-state index >= 15 is 0 Å². The summed E-state index contributed by atoms with van der Waals surface area (Å²) in [6.07, 6.45) is 0. The molecule has 1 heterocycles. The normalized spacial score (nSPS) is 12.7. The zero-order valence-corrected chi connectivity index (χ0v) is 35.4. The smallest absolute Gasteiger partial charge is 0.289 e. The molecule has 1 rings (SSSR count). The second-order valence-corrected chi connectivity index (χ2v) is 24.1. The third-order valence-electron chi connectivity index (χ3n) is 2.91. The summed E-state index contributed by atoms with van der Waals surface area (Å²) >= 11 is 33.8. The molecule has 1 nitrogen and oxygen atoms in total. The van der Waals surface area contributed by atoms with Crippen LogP contribution < -0.4 is 4.06 Å². The molecule has 0 saturated heterocycles. The summed E-state index contributed by atoms with van der Waals surface area (Å²) in [5.41, 5.74) is 0. The largest absolute Gasteiger partial charge is 0.774 e. The van der Waals surface area contributed by atoms with Gasteiger partial charge in [-0.1, -0.05) is 106 Å². The molecule has 0 spiro atoms. The van der Waals surface area contributed by atoms with Gasteiger partial charge in [0, 0.05) is 48.0 Å². The van der Waals surface area contributed by atoms with E-state index in [-0.39, 0.29) is 20.5 Å². The molecule has 234 valence electrons. The minimum Gasteiger partial charge on any atom is -0.774 e. The van der Waals surface area contributed by atoms with Crippen molar-refractivity contribution in [1.29, 1.82) is 0 Å². The summed E-state index contributed by atoms with van der Waals surface area (Å²) in [5.74, 6) is 0. The van der Waals surface area contributed by atoms with E-state index in [1.807, 2.05) is 0 Å². The van der Waals surface area contributed by atoms with E-state index in [1.165, 1.54) is 31.1 Å². The number of thioether (sulfide) groups is 6. The standard InChI is InChI=1S/C9H14OS4.2C8H16S4.Ni/c1-5(2)11-7-8(12-6(3)4)14-9(10)13-7;2*1-5(2)11-7(9)8(10)12-6(3)4;/h5-6H,1-4H3;2*5-6,9-10H,1-4H3;/p-4. The molecule has 14 heteroatoms. The second kappa shape index (κ2) is 26.1. The topological polar surface area (TPSA) is 17.1 Å². The van der Waals surface area contributed by atoms with Crippen molar-refractivity contribution in [1.82, 2.24) is 0 Å². The molecule has 39 heavy (non-hydrogen) atoms. The van der Waals surface area contributed by atoms with E-state index in [1.54, 1.807) is 70.6 Å². The minimum atomic E-state index is 0. The van der Waals surface area contributed by atoms with E-state index in [9.17, 15) is 4.79 Å². The monoisotopic (exact) mass is 800 g/mol. The first-order valence-corrected chi connectivity index (χ1v) is 20.7. The van der Waals surface area contributed by atoms with Gasteiger partial charge in [0.2, 0.25) is 0 Å². The fourth-order valence-corrected chi connectivity index (χ4v) is 13.0. The van der Waals surface area contributed by atoms with Gasteiger partial charge in [-0.2, -0.15) is 64.0 Å². The molecule has 0 bridgehead atoms. The third kappa shape index (κ3) is 28.0. The molecular weight excluding hydrogens is 760 g/mol. The van der Waals surface area contributed by atoms with Crippen LogP contribution in [0.2, 0.25) is 0 Å². The molecule has 1 aromatic rings. The number of rotatable bonds is 12. The van der Waals surface area contributed by atoms with Gasteiger partial charge in [-0.3, -0.25) is 4.79 Å². The average molecular weight is 802 g/mol. The first kappa shape index (κ1) is 46.2. The van der Waals surface area contributed by atoms with E-state index in [4.69, 9.17) is 50.5 Å². The van der Waals surface area contributed by atoms with E-state index < -0.39 is 0 Å². The molecule has 0 unspecified atom stereocenters. The molecule has 0 radical (unpaired) electrons. The maximum absolute atomic E-state index is 11.3. The molecule has 0 aliphatic rings. The zero-order valence-electron chi connectivity index (χ0n) is 24.6. The van der Waals surface area contributed by atoms with Crippen LogP contribution in [0, 0.1) is 0 Å². The first-order chi connectivity index (χ1) is 17.3. The molecule has 0 fully saturated rings. The third-order valence-corrected chi connectivity index (χ3v) is 14.5. The summed E-state index contributed by atoms with van der Waals surface area (Å²) in [5, 5.41) is 3.22. The maximum Gasteiger partial charge on any atom is 0.289 e. The molecule has 0 aliphatic carbocycles. The van der Waals surface area contributed by atoms with Gasteiger partial charge < -0.3 is 50.5 Å². The predicted octanol–water partition coefficient (Wildman–Crippen LogP) is 11.1. The van der Waals surface area contributed by atoms with Crippen LogP contribution in [0.1, 0.15) is 83.1 Å². The Balaban J connectivity index is -0.000000495. The second-order valence-electron chi connectivity index (χ2n) is 9.18. The Morgan fingerprint density at radius 2 is 0.692 bits per heavy atom. The molecule has 1 aromatic heterocycles. The fourth-order valence-electron chi connectivity index (χ4n) is 1.88. The molecule has 0 aromatic carbocycles. The van der Waals surface area contributed by atoms with Gasteiger partial charge in [0.15, 0.2) is 0 Å². The van der Waals surface area contributed by atoms with Crippen molar-refractivity contribution in [2.75, 3.05) is 0 Å². The van der Waals surface area contributed by atoms with Crippen molar-refractivity contribution in [2.45, 2.75) is 123 Å². The Morgan fingerprint density at radius 1 is 0.487 bits per heavy atom. The predicted molar refractivity (Wildman–Crippen MR) is 205 cm³/mol. The van der Waals surface area contributed by atoms with Crippen molar-refractivity contribution in [2.24, 2.45) is 0 Å². The van der Waals surface area contributed by atoms with E-state index in [2.05, 4.69) is 83.1 Å². The van der Waals surface area contributed by atoms with E-state index in [0.717, 1.165) is 16.9 Å². The Bertz CT molecular complexity index is 781. The number of hydrogen-bond acceptors (Lipinski definition) is 13. The van der Waals surface area contributed by atoms with Crippen LogP contribution in [0.25, 0.3) is 0 Å². The molecule has 0 atom stereocenters. The van der Waals surface area contributed by atoms with Crippen LogP contribution >= 0.6 is 93.2 Å². The van der Waals surface area contributed by atoms with Crippen molar-refractivity contribution in [3.8, 4) is 0 Å². The van der Waals surface area contributed by atoms with Gasteiger partial charge in [-0.25, -0.2) is 0 Å². The van der Waals surface area contributed by atoms with E-state index in [0.29, 0.717) is 31.5 Å². The first-order valence-electron chi connectivity index (χ1n) is 12.2. The molecule has 0 N–H and O–H groups in total. The van der Waals surface area contributed by atoms with Crippen LogP contribution in [0.15, 0.2) is 30.2 Å². The maximum atomic E-state index is 11.3. The van der Waals surface area contributed by atoms with Gasteiger partial charge in [0.25, 0.3) is 4.06 Å². The quantitative estimate of drug-likeness (QED) is 0.114. The van der Waals surface area contributed by atoms with Crippen LogP contribution in [0.3, 0.4) is 0 Å². The zero-order chi connectivity index (χ0) is 30.2. The van der Waals surface area contributed by atoms with Gasteiger partial charge in [0.05, 0.1) is 8.42 Å².